The zero-order valence-electron chi connectivity index (χ0n) is 23.3. The Kier molecular flexibility index (Phi) is 12.1. The molecule has 0 saturated carbocycles. The SMILES string of the molecule is O=S(=O)(c1ccc(O)cc1)c1ccc(O)cc1.c1ccc(Pc2ccccc2)cc1.c1ccc(Pc2ccccc2)cc1. The van der Waals surface area contributed by atoms with Gasteiger partial charge < -0.3 is 10.2 Å². The normalized spacial score (nSPS) is 10.4. The predicted octanol–water partition coefficient (Wildman–Crippen LogP) is 6.56. The number of phenols is 2. The first-order valence-electron chi connectivity index (χ1n) is 13.5. The summed E-state index contributed by atoms with van der Waals surface area (Å²) < 4.78 is 24.2. The molecular formula is C36H32O4P2S. The van der Waals surface area contributed by atoms with Crippen LogP contribution in [0.1, 0.15) is 0 Å². The van der Waals surface area contributed by atoms with Gasteiger partial charge in [-0.1, -0.05) is 138 Å². The summed E-state index contributed by atoms with van der Waals surface area (Å²) in [6, 6.07) is 52.9. The largest absolute Gasteiger partial charge is 0.508 e. The molecule has 0 aliphatic heterocycles. The number of hydrogen-bond acceptors (Lipinski definition) is 4. The lowest BCUT2D eigenvalue weighted by molar-refractivity contribution is 0.474. The molecule has 0 aromatic heterocycles. The molecule has 0 radical (unpaired) electrons. The minimum Gasteiger partial charge on any atom is -0.508 e. The van der Waals surface area contributed by atoms with Crippen LogP contribution in [0.3, 0.4) is 0 Å². The van der Waals surface area contributed by atoms with Gasteiger partial charge in [-0.25, -0.2) is 8.42 Å². The molecule has 0 heterocycles. The highest BCUT2D eigenvalue weighted by Crippen LogP contribution is 2.24. The fourth-order valence-corrected chi connectivity index (χ4v) is 7.17. The maximum Gasteiger partial charge on any atom is 0.206 e. The molecule has 2 N–H and O–H groups in total. The van der Waals surface area contributed by atoms with E-state index in [4.69, 9.17) is 10.2 Å². The fraction of sp³-hybridized carbons (Fsp3) is 0. The van der Waals surface area contributed by atoms with Crippen LogP contribution in [0, 0.1) is 0 Å². The van der Waals surface area contributed by atoms with Crippen LogP contribution >= 0.6 is 17.2 Å². The summed E-state index contributed by atoms with van der Waals surface area (Å²) in [5, 5.41) is 23.8. The quantitative estimate of drug-likeness (QED) is 0.206. The molecule has 43 heavy (non-hydrogen) atoms. The fourth-order valence-electron chi connectivity index (χ4n) is 3.81. The van der Waals surface area contributed by atoms with Crippen molar-refractivity contribution in [2.24, 2.45) is 0 Å². The highest BCUT2D eigenvalue weighted by atomic mass is 32.2. The molecule has 0 amide bonds. The topological polar surface area (TPSA) is 74.6 Å². The molecule has 0 atom stereocenters. The average Bonchev–Trinajstić information content (AvgIpc) is 3.04. The Labute approximate surface area is 257 Å². The molecule has 6 rings (SSSR count). The zero-order valence-corrected chi connectivity index (χ0v) is 26.1. The minimum absolute atomic E-state index is 0.00894. The highest BCUT2D eigenvalue weighted by molar-refractivity contribution is 7.91. The summed E-state index contributed by atoms with van der Waals surface area (Å²) >= 11 is 0. The number of rotatable bonds is 6. The van der Waals surface area contributed by atoms with Crippen molar-refractivity contribution in [3.63, 3.8) is 0 Å². The number of phenolic OH excluding ortho intramolecular Hbond substituents is 2. The van der Waals surface area contributed by atoms with E-state index in [2.05, 4.69) is 121 Å². The molecule has 4 nitrogen and oxygen atoms in total. The minimum atomic E-state index is -3.59. The standard InChI is InChI=1S/C12H10O4S.2C12H11P/c13-9-1-5-11(6-2-9)17(15,16)12-7-3-10(14)4-8-12;2*1-3-7-11(8-4-1)13-12-9-5-2-6-10-12/h1-8,13-14H;2*1-10,13H. The molecule has 0 saturated heterocycles. The van der Waals surface area contributed by atoms with Crippen LogP contribution in [0.25, 0.3) is 0 Å². The van der Waals surface area contributed by atoms with Gasteiger partial charge in [0.15, 0.2) is 0 Å². The van der Waals surface area contributed by atoms with E-state index < -0.39 is 9.84 Å². The molecule has 0 unspecified atom stereocenters. The van der Waals surface area contributed by atoms with Crippen LogP contribution in [0.5, 0.6) is 11.5 Å². The van der Waals surface area contributed by atoms with Crippen molar-refractivity contribution < 1.29 is 18.6 Å². The zero-order chi connectivity index (χ0) is 30.3. The molecule has 6 aromatic rings. The van der Waals surface area contributed by atoms with Gasteiger partial charge in [-0.15, -0.1) is 0 Å². The van der Waals surface area contributed by atoms with E-state index in [-0.39, 0.29) is 21.3 Å². The van der Waals surface area contributed by atoms with Gasteiger partial charge in [-0.2, -0.15) is 0 Å². The molecule has 0 bridgehead atoms. The van der Waals surface area contributed by atoms with Crippen molar-refractivity contribution in [2.45, 2.75) is 9.79 Å². The Morgan fingerprint density at radius 1 is 0.349 bits per heavy atom. The van der Waals surface area contributed by atoms with Gasteiger partial charge >= 0.3 is 0 Å². The maximum absolute atomic E-state index is 12.1. The van der Waals surface area contributed by atoms with Gasteiger partial charge in [0.1, 0.15) is 11.5 Å². The first kappa shape index (κ1) is 31.7. The van der Waals surface area contributed by atoms with Gasteiger partial charge in [-0.3, -0.25) is 0 Å². The second-order valence-corrected chi connectivity index (χ2v) is 14.0. The molecule has 0 aliphatic carbocycles. The van der Waals surface area contributed by atoms with E-state index in [0.717, 1.165) is 17.2 Å². The van der Waals surface area contributed by atoms with Gasteiger partial charge in [0.05, 0.1) is 9.79 Å². The first-order chi connectivity index (χ1) is 20.9. The third kappa shape index (κ3) is 10.5. The Hall–Kier alpha value is -4.27. The van der Waals surface area contributed by atoms with E-state index >= 15 is 0 Å². The van der Waals surface area contributed by atoms with E-state index in [0.29, 0.717) is 0 Å². The lowest BCUT2D eigenvalue weighted by atomic mass is 10.3. The Balaban J connectivity index is 0.000000150. The third-order valence-electron chi connectivity index (χ3n) is 5.97. The monoisotopic (exact) mass is 622 g/mol. The Morgan fingerprint density at radius 3 is 0.814 bits per heavy atom. The smallest absolute Gasteiger partial charge is 0.206 e. The third-order valence-corrected chi connectivity index (χ3v) is 10.2. The molecule has 6 aromatic carbocycles. The Morgan fingerprint density at radius 2 is 0.581 bits per heavy atom. The first-order valence-corrected chi connectivity index (χ1v) is 17.0. The lowest BCUT2D eigenvalue weighted by Crippen LogP contribution is -2.01. The summed E-state index contributed by atoms with van der Waals surface area (Å²) in [6.07, 6.45) is 0. The second kappa shape index (κ2) is 16.4. The maximum atomic E-state index is 12.1. The van der Waals surface area contributed by atoms with Crippen molar-refractivity contribution in [1.29, 1.82) is 0 Å². The van der Waals surface area contributed by atoms with Crippen molar-refractivity contribution in [3.05, 3.63) is 170 Å². The summed E-state index contributed by atoms with van der Waals surface area (Å²) in [5.41, 5.74) is 0. The number of hydrogen-bond donors (Lipinski definition) is 2. The average molecular weight is 623 g/mol. The number of benzene rings is 6. The summed E-state index contributed by atoms with van der Waals surface area (Å²) in [5.74, 6) is 0.0179. The molecule has 7 heteroatoms. The predicted molar refractivity (Wildman–Crippen MR) is 183 cm³/mol. The molecule has 0 aliphatic rings. The second-order valence-electron chi connectivity index (χ2n) is 9.21. The van der Waals surface area contributed by atoms with Crippen LogP contribution in [-0.4, -0.2) is 18.6 Å². The summed E-state index contributed by atoms with van der Waals surface area (Å²) in [6.45, 7) is 0. The van der Waals surface area contributed by atoms with Crippen molar-refractivity contribution in [2.75, 3.05) is 0 Å². The van der Waals surface area contributed by atoms with E-state index in [1.54, 1.807) is 0 Å². The molecular weight excluding hydrogens is 590 g/mol. The van der Waals surface area contributed by atoms with Crippen LogP contribution in [0.4, 0.5) is 0 Å². The lowest BCUT2D eigenvalue weighted by Gasteiger charge is -2.04. The van der Waals surface area contributed by atoms with E-state index in [9.17, 15) is 8.42 Å². The van der Waals surface area contributed by atoms with Gasteiger partial charge in [0.25, 0.3) is 0 Å². The van der Waals surface area contributed by atoms with Gasteiger partial charge in [0.2, 0.25) is 9.84 Å². The molecule has 0 spiro atoms. The molecule has 216 valence electrons. The van der Waals surface area contributed by atoms with Crippen LogP contribution in [-0.2, 0) is 9.84 Å². The van der Waals surface area contributed by atoms with E-state index in [1.165, 1.54) is 69.7 Å². The van der Waals surface area contributed by atoms with Crippen molar-refractivity contribution >= 4 is 48.2 Å². The van der Waals surface area contributed by atoms with Gasteiger partial charge in [-0.05, 0) is 69.7 Å². The van der Waals surface area contributed by atoms with Crippen LogP contribution in [0.2, 0.25) is 0 Å². The van der Waals surface area contributed by atoms with Crippen molar-refractivity contribution in [1.82, 2.24) is 0 Å². The van der Waals surface area contributed by atoms with E-state index in [1.807, 2.05) is 0 Å². The van der Waals surface area contributed by atoms with Crippen LogP contribution in [0.15, 0.2) is 180 Å². The number of sulfone groups is 1. The molecule has 0 fully saturated rings. The van der Waals surface area contributed by atoms with Crippen LogP contribution < -0.4 is 21.2 Å². The summed E-state index contributed by atoms with van der Waals surface area (Å²) in [4.78, 5) is 0.196. The number of aromatic hydroxyl groups is 2. The Bertz CT molecular complexity index is 1550. The van der Waals surface area contributed by atoms with Crippen molar-refractivity contribution in [3.8, 4) is 11.5 Å². The summed E-state index contributed by atoms with van der Waals surface area (Å²) in [7, 11) is -2.04. The highest BCUT2D eigenvalue weighted by Gasteiger charge is 2.17. The van der Waals surface area contributed by atoms with Gasteiger partial charge in [0, 0.05) is 0 Å².